The Morgan fingerprint density at radius 3 is 3.00 bits per heavy atom. The molecular weight excluding hydrogens is 246 g/mol. The molecule has 0 saturated heterocycles. The minimum Gasteiger partial charge on any atom is -0.468 e. The fourth-order valence-corrected chi connectivity index (χ4v) is 3.61. The summed E-state index contributed by atoms with van der Waals surface area (Å²) in [4.78, 5) is 11.2. The lowest BCUT2D eigenvalue weighted by Crippen LogP contribution is -2.27. The minimum absolute atomic E-state index is 0.147. The van der Waals surface area contributed by atoms with Crippen LogP contribution in [-0.2, 0) is 16.0 Å². The predicted molar refractivity (Wildman–Crippen MR) is 74.8 cm³/mol. The molecular formula is C14H19NO2S. The van der Waals surface area contributed by atoms with E-state index in [1.54, 1.807) is 11.8 Å². The Bertz CT molecular complexity index is 422. The van der Waals surface area contributed by atoms with Crippen LogP contribution in [0, 0.1) is 0 Å². The van der Waals surface area contributed by atoms with Gasteiger partial charge in [0.05, 0.1) is 12.9 Å². The normalized spacial score (nSPS) is 21.7. The predicted octanol–water partition coefficient (Wildman–Crippen LogP) is 2.17. The van der Waals surface area contributed by atoms with Gasteiger partial charge >= 0.3 is 5.97 Å². The van der Waals surface area contributed by atoms with E-state index in [1.165, 1.54) is 18.2 Å². The molecule has 4 heteroatoms. The summed E-state index contributed by atoms with van der Waals surface area (Å²) in [7, 11) is 1.44. The van der Waals surface area contributed by atoms with Crippen molar-refractivity contribution in [3.05, 3.63) is 35.4 Å². The standard InChI is InChI=1S/C14H19NO2S/c1-3-15-14-11-7-5-4-6-10(11)8-12(14)18-9-13(16)17-2/h4-7,12,14-15H,3,8-9H2,1-2H3. The Balaban J connectivity index is 2.06. The summed E-state index contributed by atoms with van der Waals surface area (Å²) in [5.74, 6) is 0.281. The highest BCUT2D eigenvalue weighted by Gasteiger charge is 2.32. The number of esters is 1. The number of carbonyl (C=O) groups is 1. The highest BCUT2D eigenvalue weighted by molar-refractivity contribution is 8.00. The van der Waals surface area contributed by atoms with Crippen molar-refractivity contribution in [2.24, 2.45) is 0 Å². The van der Waals surface area contributed by atoms with Gasteiger partial charge in [-0.1, -0.05) is 31.2 Å². The van der Waals surface area contributed by atoms with Gasteiger partial charge in [0.1, 0.15) is 0 Å². The molecule has 3 nitrogen and oxygen atoms in total. The van der Waals surface area contributed by atoms with Crippen molar-refractivity contribution >= 4 is 17.7 Å². The zero-order valence-corrected chi connectivity index (χ0v) is 11.6. The summed E-state index contributed by atoms with van der Waals surface area (Å²) in [6.45, 7) is 3.05. The molecule has 2 rings (SSSR count). The van der Waals surface area contributed by atoms with E-state index in [-0.39, 0.29) is 5.97 Å². The van der Waals surface area contributed by atoms with Gasteiger partial charge in [-0.25, -0.2) is 0 Å². The molecule has 1 aliphatic rings. The molecule has 1 N–H and O–H groups in total. The molecule has 0 aromatic heterocycles. The monoisotopic (exact) mass is 265 g/mol. The molecule has 2 atom stereocenters. The fraction of sp³-hybridized carbons (Fsp3) is 0.500. The number of ether oxygens (including phenoxy) is 1. The minimum atomic E-state index is -0.147. The van der Waals surface area contributed by atoms with E-state index in [2.05, 4.69) is 36.5 Å². The van der Waals surface area contributed by atoms with Crippen LogP contribution < -0.4 is 5.32 Å². The summed E-state index contributed by atoms with van der Waals surface area (Å²) in [5, 5.41) is 3.94. The number of carbonyl (C=O) groups excluding carboxylic acids is 1. The molecule has 98 valence electrons. The maximum absolute atomic E-state index is 11.2. The van der Waals surface area contributed by atoms with Crippen LogP contribution >= 0.6 is 11.8 Å². The van der Waals surface area contributed by atoms with Crippen LogP contribution in [0.5, 0.6) is 0 Å². The second-order valence-electron chi connectivity index (χ2n) is 4.36. The molecule has 0 fully saturated rings. The Kier molecular flexibility index (Phi) is 4.66. The van der Waals surface area contributed by atoms with E-state index in [9.17, 15) is 4.79 Å². The third kappa shape index (κ3) is 2.87. The molecule has 0 bridgehead atoms. The average Bonchev–Trinajstić information content (AvgIpc) is 2.75. The second-order valence-corrected chi connectivity index (χ2v) is 5.59. The number of hydrogen-bond donors (Lipinski definition) is 1. The van der Waals surface area contributed by atoms with Gasteiger partial charge in [0.25, 0.3) is 0 Å². The second kappa shape index (κ2) is 6.25. The quantitative estimate of drug-likeness (QED) is 0.828. The van der Waals surface area contributed by atoms with Crippen molar-refractivity contribution in [2.75, 3.05) is 19.4 Å². The van der Waals surface area contributed by atoms with Gasteiger partial charge in [0.15, 0.2) is 0 Å². The van der Waals surface area contributed by atoms with Crippen LogP contribution in [0.4, 0.5) is 0 Å². The Morgan fingerprint density at radius 2 is 2.28 bits per heavy atom. The van der Waals surface area contributed by atoms with Crippen LogP contribution in [0.2, 0.25) is 0 Å². The Morgan fingerprint density at radius 1 is 1.50 bits per heavy atom. The third-order valence-electron chi connectivity index (χ3n) is 3.25. The molecule has 0 spiro atoms. The molecule has 1 aromatic rings. The SMILES string of the molecule is CCNC1c2ccccc2CC1SCC(=O)OC. The van der Waals surface area contributed by atoms with Crippen LogP contribution in [0.1, 0.15) is 24.1 Å². The van der Waals surface area contributed by atoms with E-state index < -0.39 is 0 Å². The number of fused-ring (bicyclic) bond motifs is 1. The largest absolute Gasteiger partial charge is 0.468 e. The third-order valence-corrected chi connectivity index (χ3v) is 4.52. The summed E-state index contributed by atoms with van der Waals surface area (Å²) in [5.41, 5.74) is 2.77. The lowest BCUT2D eigenvalue weighted by atomic mass is 10.1. The molecule has 0 aliphatic heterocycles. The van der Waals surface area contributed by atoms with Crippen molar-refractivity contribution in [2.45, 2.75) is 24.6 Å². The van der Waals surface area contributed by atoms with E-state index in [4.69, 9.17) is 4.74 Å². The molecule has 0 amide bonds. The smallest absolute Gasteiger partial charge is 0.315 e. The number of nitrogens with one attached hydrogen (secondary N) is 1. The van der Waals surface area contributed by atoms with Crippen LogP contribution in [0.25, 0.3) is 0 Å². The topological polar surface area (TPSA) is 38.3 Å². The summed E-state index contributed by atoms with van der Waals surface area (Å²) < 4.78 is 4.70. The number of methoxy groups -OCH3 is 1. The van der Waals surface area contributed by atoms with Gasteiger partial charge in [0.2, 0.25) is 0 Å². The average molecular weight is 265 g/mol. The number of rotatable bonds is 5. The fourth-order valence-electron chi connectivity index (χ4n) is 2.41. The molecule has 18 heavy (non-hydrogen) atoms. The Hall–Kier alpha value is -1.00. The number of hydrogen-bond acceptors (Lipinski definition) is 4. The van der Waals surface area contributed by atoms with E-state index in [0.717, 1.165) is 13.0 Å². The molecule has 0 heterocycles. The van der Waals surface area contributed by atoms with Gasteiger partial charge in [-0.15, -0.1) is 11.8 Å². The van der Waals surface area contributed by atoms with Gasteiger partial charge < -0.3 is 10.1 Å². The highest BCUT2D eigenvalue weighted by Crippen LogP contribution is 2.38. The number of thioether (sulfide) groups is 1. The van der Waals surface area contributed by atoms with Crippen LogP contribution in [-0.4, -0.2) is 30.6 Å². The summed E-state index contributed by atoms with van der Waals surface area (Å²) >= 11 is 1.68. The van der Waals surface area contributed by atoms with Crippen molar-refractivity contribution in [1.29, 1.82) is 0 Å². The van der Waals surface area contributed by atoms with Crippen molar-refractivity contribution in [3.63, 3.8) is 0 Å². The first-order valence-corrected chi connectivity index (χ1v) is 7.30. The summed E-state index contributed by atoms with van der Waals surface area (Å²) in [6, 6.07) is 8.87. The zero-order valence-electron chi connectivity index (χ0n) is 10.8. The van der Waals surface area contributed by atoms with Gasteiger partial charge in [-0.3, -0.25) is 4.79 Å². The first kappa shape index (κ1) is 13.4. The van der Waals surface area contributed by atoms with E-state index >= 15 is 0 Å². The van der Waals surface area contributed by atoms with Crippen LogP contribution in [0.15, 0.2) is 24.3 Å². The lowest BCUT2D eigenvalue weighted by molar-refractivity contribution is -0.137. The molecule has 0 radical (unpaired) electrons. The Labute approximate surface area is 112 Å². The molecule has 1 aromatic carbocycles. The molecule has 1 aliphatic carbocycles. The maximum atomic E-state index is 11.2. The molecule has 2 unspecified atom stereocenters. The van der Waals surface area contributed by atoms with Crippen molar-refractivity contribution < 1.29 is 9.53 Å². The van der Waals surface area contributed by atoms with Crippen molar-refractivity contribution in [3.8, 4) is 0 Å². The van der Waals surface area contributed by atoms with Crippen LogP contribution in [0.3, 0.4) is 0 Å². The first-order valence-electron chi connectivity index (χ1n) is 6.25. The van der Waals surface area contributed by atoms with Crippen molar-refractivity contribution in [1.82, 2.24) is 5.32 Å². The highest BCUT2D eigenvalue weighted by atomic mass is 32.2. The van der Waals surface area contributed by atoms with E-state index in [0.29, 0.717) is 17.0 Å². The number of benzene rings is 1. The van der Waals surface area contributed by atoms with Gasteiger partial charge in [-0.05, 0) is 24.1 Å². The maximum Gasteiger partial charge on any atom is 0.315 e. The van der Waals surface area contributed by atoms with Gasteiger partial charge in [-0.2, -0.15) is 0 Å². The van der Waals surface area contributed by atoms with E-state index in [1.807, 2.05) is 0 Å². The van der Waals surface area contributed by atoms with Gasteiger partial charge in [0, 0.05) is 11.3 Å². The summed E-state index contributed by atoms with van der Waals surface area (Å²) in [6.07, 6.45) is 1.02. The zero-order chi connectivity index (χ0) is 13.0. The first-order chi connectivity index (χ1) is 8.76. The molecule has 0 saturated carbocycles. The lowest BCUT2D eigenvalue weighted by Gasteiger charge is -2.20.